The lowest BCUT2D eigenvalue weighted by Gasteiger charge is -2.21. The molecule has 2 amide bonds. The molecule has 0 spiro atoms. The fraction of sp³-hybridized carbons (Fsp3) is 0.370. The zero-order valence-corrected chi connectivity index (χ0v) is 21.0. The smallest absolute Gasteiger partial charge is 0.259 e. The molecule has 2 aromatic carbocycles. The van der Waals surface area contributed by atoms with Crippen molar-refractivity contribution < 1.29 is 22.8 Å². The van der Waals surface area contributed by atoms with Crippen LogP contribution in [0.15, 0.2) is 66.3 Å². The molecule has 0 aromatic heterocycles. The van der Waals surface area contributed by atoms with E-state index < -0.39 is 32.8 Å². The Morgan fingerprint density at radius 2 is 1.68 bits per heavy atom. The normalized spacial score (nSPS) is 27.6. The first-order valence-electron chi connectivity index (χ1n) is 12.5. The molecule has 3 aliphatic carbocycles. The number of amides is 2. The van der Waals surface area contributed by atoms with Crippen LogP contribution in [0.25, 0.3) is 11.1 Å². The molecular formula is C27H28N4O5S. The maximum atomic E-state index is 13.1. The Balaban J connectivity index is 1.11. The van der Waals surface area contributed by atoms with Gasteiger partial charge in [-0.3, -0.25) is 14.3 Å². The highest BCUT2D eigenvalue weighted by Gasteiger charge is 2.61. The molecule has 4 aliphatic rings. The summed E-state index contributed by atoms with van der Waals surface area (Å²) >= 11 is 0. The summed E-state index contributed by atoms with van der Waals surface area (Å²) in [6.07, 6.45) is 3.00. The van der Waals surface area contributed by atoms with Crippen LogP contribution in [0, 0.1) is 5.92 Å². The van der Waals surface area contributed by atoms with E-state index in [9.17, 15) is 18.0 Å². The molecule has 1 heterocycles. The van der Waals surface area contributed by atoms with Crippen LogP contribution in [-0.2, 0) is 24.4 Å². The number of fused-ring (bicyclic) bond motifs is 3. The Morgan fingerprint density at radius 3 is 2.24 bits per heavy atom. The number of hydrogen-bond acceptors (Lipinski definition) is 7. The molecule has 3 N–H and O–H groups in total. The molecule has 37 heavy (non-hydrogen) atoms. The van der Waals surface area contributed by atoms with Gasteiger partial charge in [0.1, 0.15) is 17.4 Å². The van der Waals surface area contributed by atoms with Crippen molar-refractivity contribution in [2.24, 2.45) is 11.1 Å². The monoisotopic (exact) mass is 520 g/mol. The van der Waals surface area contributed by atoms with Crippen molar-refractivity contribution >= 4 is 27.5 Å². The summed E-state index contributed by atoms with van der Waals surface area (Å²) in [6, 6.07) is 15.5. The van der Waals surface area contributed by atoms with E-state index in [0.717, 1.165) is 28.0 Å². The van der Waals surface area contributed by atoms with Crippen LogP contribution in [0.1, 0.15) is 36.8 Å². The first kappa shape index (κ1) is 23.9. The van der Waals surface area contributed by atoms with Crippen molar-refractivity contribution in [3.63, 3.8) is 0 Å². The van der Waals surface area contributed by atoms with Crippen LogP contribution in [0.5, 0.6) is 0 Å². The Kier molecular flexibility index (Phi) is 5.68. The fourth-order valence-corrected chi connectivity index (χ4v) is 6.59. The van der Waals surface area contributed by atoms with Crippen molar-refractivity contribution in [1.82, 2.24) is 15.4 Å². The van der Waals surface area contributed by atoms with Gasteiger partial charge in [0, 0.05) is 30.0 Å². The van der Waals surface area contributed by atoms with Gasteiger partial charge in [0.2, 0.25) is 15.9 Å². The Labute approximate surface area is 215 Å². The third kappa shape index (κ3) is 4.23. The summed E-state index contributed by atoms with van der Waals surface area (Å²) in [6.45, 7) is 4.14. The standard InChI is InChI=1S/C27H28N4O5S/c1-2-16-14-27(16,26(33)31-37(34,35)18-11-12-18)29-25(32)23-13-17(15-28-23)36-30-24-21-9-5-3-7-19(21)20-8-4-6-10-22(20)24/h2-10,16-18,23,28H,1,11-15H2,(H,29,32)(H,31,33)/t16-,17?,23?,27+/m1/s1. The van der Waals surface area contributed by atoms with Crippen LogP contribution < -0.4 is 15.4 Å². The lowest BCUT2D eigenvalue weighted by atomic mass is 10.1. The van der Waals surface area contributed by atoms with Crippen molar-refractivity contribution in [3.8, 4) is 11.1 Å². The van der Waals surface area contributed by atoms with Crippen LogP contribution in [0.4, 0.5) is 0 Å². The predicted octanol–water partition coefficient (Wildman–Crippen LogP) is 1.84. The summed E-state index contributed by atoms with van der Waals surface area (Å²) in [5.41, 5.74) is 3.69. The average molecular weight is 521 g/mol. The number of nitrogens with zero attached hydrogens (tertiary/aromatic N) is 1. The molecule has 1 aliphatic heterocycles. The van der Waals surface area contributed by atoms with Gasteiger partial charge in [-0.05, 0) is 30.4 Å². The van der Waals surface area contributed by atoms with Gasteiger partial charge >= 0.3 is 0 Å². The Morgan fingerprint density at radius 1 is 1.05 bits per heavy atom. The second-order valence-corrected chi connectivity index (χ2v) is 12.1. The van der Waals surface area contributed by atoms with Crippen molar-refractivity contribution in [3.05, 3.63) is 72.3 Å². The first-order valence-corrected chi connectivity index (χ1v) is 14.0. The van der Waals surface area contributed by atoms with Gasteiger partial charge in [-0.25, -0.2) is 8.42 Å². The summed E-state index contributed by atoms with van der Waals surface area (Å²) < 4.78 is 26.7. The number of nitrogens with one attached hydrogen (secondary N) is 3. The molecule has 0 radical (unpaired) electrons. The molecule has 0 bridgehead atoms. The molecule has 1 saturated heterocycles. The zero-order valence-electron chi connectivity index (χ0n) is 20.1. The molecule has 3 fully saturated rings. The molecular weight excluding hydrogens is 492 g/mol. The molecule has 2 unspecified atom stereocenters. The minimum Gasteiger partial charge on any atom is -0.391 e. The molecule has 192 valence electrons. The number of benzene rings is 2. The third-order valence-electron chi connectivity index (χ3n) is 7.60. The van der Waals surface area contributed by atoms with Gasteiger partial charge < -0.3 is 15.5 Å². The largest absolute Gasteiger partial charge is 0.391 e. The van der Waals surface area contributed by atoms with Crippen LogP contribution in [0.2, 0.25) is 0 Å². The van der Waals surface area contributed by atoms with E-state index in [1.807, 2.05) is 36.4 Å². The van der Waals surface area contributed by atoms with E-state index in [1.165, 1.54) is 0 Å². The molecule has 4 atom stereocenters. The minimum absolute atomic E-state index is 0.313. The lowest BCUT2D eigenvalue weighted by Crippen LogP contribution is -2.55. The van der Waals surface area contributed by atoms with E-state index in [0.29, 0.717) is 32.2 Å². The molecule has 6 rings (SSSR count). The summed E-state index contributed by atoms with van der Waals surface area (Å²) in [5.74, 6) is -1.40. The second kappa shape index (κ2) is 8.81. The van der Waals surface area contributed by atoms with E-state index >= 15 is 0 Å². The molecule has 10 heteroatoms. The Bertz CT molecular complexity index is 1390. The van der Waals surface area contributed by atoms with Gasteiger partial charge in [-0.15, -0.1) is 6.58 Å². The number of rotatable bonds is 8. The van der Waals surface area contributed by atoms with Gasteiger partial charge in [-0.2, -0.15) is 0 Å². The highest BCUT2D eigenvalue weighted by atomic mass is 32.2. The number of oxime groups is 1. The fourth-order valence-electron chi connectivity index (χ4n) is 5.23. The first-order chi connectivity index (χ1) is 17.8. The van der Waals surface area contributed by atoms with Crippen LogP contribution in [0.3, 0.4) is 0 Å². The van der Waals surface area contributed by atoms with Gasteiger partial charge in [-0.1, -0.05) is 59.8 Å². The predicted molar refractivity (Wildman–Crippen MR) is 138 cm³/mol. The minimum atomic E-state index is -3.72. The summed E-state index contributed by atoms with van der Waals surface area (Å²) in [4.78, 5) is 31.9. The zero-order chi connectivity index (χ0) is 25.8. The van der Waals surface area contributed by atoms with Crippen LogP contribution in [-0.4, -0.2) is 55.4 Å². The topological polar surface area (TPSA) is 126 Å². The van der Waals surface area contributed by atoms with E-state index in [-0.39, 0.29) is 17.9 Å². The maximum Gasteiger partial charge on any atom is 0.259 e. The second-order valence-electron chi connectivity index (χ2n) is 10.1. The van der Waals surface area contributed by atoms with Crippen molar-refractivity contribution in [1.29, 1.82) is 0 Å². The highest BCUT2D eigenvalue weighted by molar-refractivity contribution is 7.91. The molecule has 2 aromatic rings. The number of carbonyl (C=O) groups is 2. The lowest BCUT2D eigenvalue weighted by molar-refractivity contribution is -0.130. The van der Waals surface area contributed by atoms with Gasteiger partial charge in [0.15, 0.2) is 0 Å². The van der Waals surface area contributed by atoms with E-state index in [2.05, 4.69) is 39.2 Å². The highest BCUT2D eigenvalue weighted by Crippen LogP contribution is 2.45. The van der Waals surface area contributed by atoms with Gasteiger partial charge in [0.05, 0.1) is 11.3 Å². The third-order valence-corrected chi connectivity index (χ3v) is 9.42. The van der Waals surface area contributed by atoms with Crippen molar-refractivity contribution in [2.75, 3.05) is 6.54 Å². The quantitative estimate of drug-likeness (QED) is 0.307. The SMILES string of the molecule is C=C[C@@H]1C[C@@]1(NC(=O)C1CC(ON=C2c3ccccc3-c3ccccc32)CN1)C(=O)NS(=O)(=O)C1CC1. The number of carbonyl (C=O) groups excluding carboxylic acids is 2. The van der Waals surface area contributed by atoms with Gasteiger partial charge in [0.25, 0.3) is 5.91 Å². The number of sulfonamides is 1. The van der Waals surface area contributed by atoms with Crippen LogP contribution >= 0.6 is 0 Å². The summed E-state index contributed by atoms with van der Waals surface area (Å²) in [7, 11) is -3.72. The molecule has 2 saturated carbocycles. The number of hydrogen-bond donors (Lipinski definition) is 3. The van der Waals surface area contributed by atoms with Crippen molar-refractivity contribution in [2.45, 2.75) is 48.6 Å². The average Bonchev–Trinajstić information content (AvgIpc) is 3.79. The Hall–Kier alpha value is -3.50. The van der Waals surface area contributed by atoms with E-state index in [4.69, 9.17) is 4.84 Å². The summed E-state index contributed by atoms with van der Waals surface area (Å²) in [5, 5.41) is 9.89. The molecule has 9 nitrogen and oxygen atoms in total. The van der Waals surface area contributed by atoms with E-state index in [1.54, 1.807) is 6.08 Å². The maximum absolute atomic E-state index is 13.1.